The Hall–Kier alpha value is -0.640. The Balaban J connectivity index is 2.31. The van der Waals surface area contributed by atoms with Gasteiger partial charge in [0, 0.05) is 13.3 Å². The molecule has 0 amide bonds. The SMILES string of the molecule is CCCOP(OC)On1ccnc1. The summed E-state index contributed by atoms with van der Waals surface area (Å²) in [6.45, 7) is 2.66. The molecule has 0 fully saturated rings. The first-order valence-electron chi connectivity index (χ1n) is 4.00. The Morgan fingerprint density at radius 2 is 2.38 bits per heavy atom. The molecule has 6 heteroatoms. The minimum Gasteiger partial charge on any atom is -0.333 e. The predicted molar refractivity (Wildman–Crippen MR) is 49.0 cm³/mol. The van der Waals surface area contributed by atoms with E-state index in [1.807, 2.05) is 6.92 Å². The summed E-state index contributed by atoms with van der Waals surface area (Å²) < 4.78 is 17.0. The Morgan fingerprint density at radius 3 is 2.92 bits per heavy atom. The summed E-state index contributed by atoms with van der Waals surface area (Å²) in [5, 5.41) is 0. The maximum Gasteiger partial charge on any atom is 0.417 e. The van der Waals surface area contributed by atoms with E-state index in [9.17, 15) is 0 Å². The molecule has 1 rings (SSSR count). The van der Waals surface area contributed by atoms with Gasteiger partial charge < -0.3 is 13.7 Å². The molecule has 1 heterocycles. The largest absolute Gasteiger partial charge is 0.417 e. The van der Waals surface area contributed by atoms with E-state index < -0.39 is 8.60 Å². The molecule has 0 saturated carbocycles. The third kappa shape index (κ3) is 3.72. The van der Waals surface area contributed by atoms with Gasteiger partial charge in [0.15, 0.2) is 0 Å². The predicted octanol–water partition coefficient (Wildman–Crippen LogP) is 1.61. The highest BCUT2D eigenvalue weighted by atomic mass is 31.2. The highest BCUT2D eigenvalue weighted by Crippen LogP contribution is 2.34. The van der Waals surface area contributed by atoms with E-state index in [0.29, 0.717) is 6.61 Å². The third-order valence-corrected chi connectivity index (χ3v) is 2.20. The van der Waals surface area contributed by atoms with E-state index in [0.717, 1.165) is 6.42 Å². The maximum atomic E-state index is 5.29. The summed E-state index contributed by atoms with van der Waals surface area (Å²) in [7, 11) is 0.262. The highest BCUT2D eigenvalue weighted by Gasteiger charge is 2.11. The normalized spacial score (nSPS) is 12.8. The van der Waals surface area contributed by atoms with Crippen molar-refractivity contribution in [2.45, 2.75) is 13.3 Å². The minimum absolute atomic E-state index is 0.633. The lowest BCUT2D eigenvalue weighted by Crippen LogP contribution is -2.06. The van der Waals surface area contributed by atoms with Crippen molar-refractivity contribution in [1.29, 1.82) is 0 Å². The molecular formula is C7H13N2O3P. The first kappa shape index (κ1) is 10.4. The number of hydrogen-bond acceptors (Lipinski definition) is 4. The van der Waals surface area contributed by atoms with E-state index in [2.05, 4.69) is 4.98 Å². The van der Waals surface area contributed by atoms with Crippen LogP contribution < -0.4 is 4.62 Å². The summed E-state index contributed by atoms with van der Waals surface area (Å²) in [4.78, 5) is 3.83. The smallest absolute Gasteiger partial charge is 0.333 e. The van der Waals surface area contributed by atoms with Gasteiger partial charge in [-0.2, -0.15) is 4.73 Å². The van der Waals surface area contributed by atoms with Gasteiger partial charge in [0.05, 0.1) is 12.8 Å². The number of rotatable bonds is 6. The monoisotopic (exact) mass is 204 g/mol. The van der Waals surface area contributed by atoms with Crippen molar-refractivity contribution in [2.24, 2.45) is 0 Å². The van der Waals surface area contributed by atoms with Crippen LogP contribution in [-0.4, -0.2) is 23.4 Å². The van der Waals surface area contributed by atoms with Crippen molar-refractivity contribution in [3.63, 3.8) is 0 Å². The fourth-order valence-corrected chi connectivity index (χ4v) is 1.45. The van der Waals surface area contributed by atoms with Crippen LogP contribution in [0.5, 0.6) is 0 Å². The maximum absolute atomic E-state index is 5.29. The fraction of sp³-hybridized carbons (Fsp3) is 0.571. The molecule has 0 spiro atoms. The zero-order valence-electron chi connectivity index (χ0n) is 7.71. The van der Waals surface area contributed by atoms with Crippen LogP contribution in [-0.2, 0) is 9.05 Å². The molecule has 1 aromatic rings. The molecule has 5 nitrogen and oxygen atoms in total. The van der Waals surface area contributed by atoms with Crippen molar-refractivity contribution in [3.05, 3.63) is 18.7 Å². The summed E-state index contributed by atoms with van der Waals surface area (Å²) >= 11 is 0. The number of hydrogen-bond donors (Lipinski definition) is 0. The molecule has 0 aromatic carbocycles. The molecule has 0 saturated heterocycles. The van der Waals surface area contributed by atoms with Gasteiger partial charge in [0.1, 0.15) is 6.33 Å². The minimum atomic E-state index is -1.29. The first-order valence-corrected chi connectivity index (χ1v) is 5.10. The summed E-state index contributed by atoms with van der Waals surface area (Å²) in [5.41, 5.74) is 0. The van der Waals surface area contributed by atoms with Crippen LogP contribution in [0.15, 0.2) is 18.7 Å². The van der Waals surface area contributed by atoms with E-state index >= 15 is 0 Å². The molecule has 1 aromatic heterocycles. The van der Waals surface area contributed by atoms with Crippen LogP contribution in [0.2, 0.25) is 0 Å². The fourth-order valence-electron chi connectivity index (χ4n) is 0.648. The average Bonchev–Trinajstić information content (AvgIpc) is 2.64. The van der Waals surface area contributed by atoms with E-state index in [4.69, 9.17) is 13.7 Å². The van der Waals surface area contributed by atoms with Crippen molar-refractivity contribution in [3.8, 4) is 0 Å². The Morgan fingerprint density at radius 1 is 1.54 bits per heavy atom. The standard InChI is InChI=1S/C7H13N2O3P/c1-3-6-11-13(10-2)12-9-5-4-8-7-9/h4-5,7H,3,6H2,1-2H3. The van der Waals surface area contributed by atoms with E-state index in [1.165, 1.54) is 4.73 Å². The second-order valence-electron chi connectivity index (χ2n) is 2.24. The topological polar surface area (TPSA) is 45.5 Å². The molecule has 0 N–H and O–H groups in total. The van der Waals surface area contributed by atoms with Gasteiger partial charge in [-0.1, -0.05) is 6.92 Å². The highest BCUT2D eigenvalue weighted by molar-refractivity contribution is 7.41. The zero-order valence-corrected chi connectivity index (χ0v) is 8.61. The lowest BCUT2D eigenvalue weighted by Gasteiger charge is -2.13. The Bertz CT molecular complexity index is 218. The van der Waals surface area contributed by atoms with Gasteiger partial charge in [-0.05, 0) is 6.42 Å². The van der Waals surface area contributed by atoms with E-state index in [1.54, 1.807) is 25.8 Å². The van der Waals surface area contributed by atoms with Crippen LogP contribution in [0.1, 0.15) is 13.3 Å². The molecule has 0 aliphatic heterocycles. The first-order chi connectivity index (χ1) is 6.36. The second kappa shape index (κ2) is 5.91. The molecule has 1 unspecified atom stereocenters. The molecule has 0 bridgehead atoms. The van der Waals surface area contributed by atoms with Crippen LogP contribution in [0, 0.1) is 0 Å². The summed E-state index contributed by atoms with van der Waals surface area (Å²) in [6, 6.07) is 0. The summed E-state index contributed by atoms with van der Waals surface area (Å²) in [5.74, 6) is 0. The van der Waals surface area contributed by atoms with Gasteiger partial charge in [0.2, 0.25) is 0 Å². The number of aromatic nitrogens is 2. The Kier molecular flexibility index (Phi) is 4.75. The summed E-state index contributed by atoms with van der Waals surface area (Å²) in [6.07, 6.45) is 5.80. The van der Waals surface area contributed by atoms with Crippen LogP contribution in [0.4, 0.5) is 0 Å². The van der Waals surface area contributed by atoms with Crippen LogP contribution >= 0.6 is 8.60 Å². The average molecular weight is 204 g/mol. The van der Waals surface area contributed by atoms with Gasteiger partial charge >= 0.3 is 8.60 Å². The zero-order chi connectivity index (χ0) is 9.52. The van der Waals surface area contributed by atoms with Crippen molar-refractivity contribution in [1.82, 2.24) is 9.71 Å². The lowest BCUT2D eigenvalue weighted by molar-refractivity contribution is 0.166. The second-order valence-corrected chi connectivity index (χ2v) is 3.48. The van der Waals surface area contributed by atoms with Crippen molar-refractivity contribution in [2.75, 3.05) is 13.7 Å². The van der Waals surface area contributed by atoms with Gasteiger partial charge in [-0.25, -0.2) is 4.98 Å². The van der Waals surface area contributed by atoms with Crippen LogP contribution in [0.25, 0.3) is 0 Å². The molecule has 0 radical (unpaired) electrons. The molecule has 13 heavy (non-hydrogen) atoms. The van der Waals surface area contributed by atoms with E-state index in [-0.39, 0.29) is 0 Å². The van der Waals surface area contributed by atoms with Gasteiger partial charge in [0.25, 0.3) is 0 Å². The third-order valence-electron chi connectivity index (χ3n) is 1.19. The van der Waals surface area contributed by atoms with Gasteiger partial charge in [-0.3, -0.25) is 0 Å². The molecule has 74 valence electrons. The van der Waals surface area contributed by atoms with Crippen molar-refractivity contribution < 1.29 is 13.7 Å². The lowest BCUT2D eigenvalue weighted by atomic mass is 10.5. The molecule has 0 aliphatic carbocycles. The quantitative estimate of drug-likeness (QED) is 0.660. The molecule has 0 aliphatic rings. The van der Waals surface area contributed by atoms with Gasteiger partial charge in [-0.15, -0.1) is 0 Å². The number of nitrogens with zero attached hydrogens (tertiary/aromatic N) is 2. The van der Waals surface area contributed by atoms with Crippen molar-refractivity contribution >= 4 is 8.60 Å². The number of imidazole rings is 1. The Labute approximate surface area is 78.6 Å². The molecular weight excluding hydrogens is 191 g/mol. The molecule has 1 atom stereocenters. The van der Waals surface area contributed by atoms with Crippen LogP contribution in [0.3, 0.4) is 0 Å².